The molecule has 2 N–H and O–H groups in total. The van der Waals surface area contributed by atoms with E-state index in [0.29, 0.717) is 55.3 Å². The number of nitrogens with zero attached hydrogens (tertiary/aromatic N) is 1. The average Bonchev–Trinajstić information content (AvgIpc) is 2.93. The molecule has 0 radical (unpaired) electrons. The van der Waals surface area contributed by atoms with E-state index in [4.69, 9.17) is 14.2 Å². The van der Waals surface area contributed by atoms with Gasteiger partial charge in [0.25, 0.3) is 0 Å². The number of benzene rings is 2. The minimum absolute atomic E-state index is 0.196. The molecule has 210 valence electrons. The molecule has 0 atom stereocenters. The number of carbonyl (C=O) groups is 2. The van der Waals surface area contributed by atoms with E-state index in [1.165, 1.54) is 12.8 Å². The van der Waals surface area contributed by atoms with Crippen LogP contribution in [-0.2, 0) is 11.2 Å². The average molecular weight is 529 g/mol. The number of hydrogen-bond donors (Lipinski definition) is 2. The molecule has 0 aliphatic heterocycles. The number of aliphatic carboxylic acids is 1. The van der Waals surface area contributed by atoms with Crippen LogP contribution in [0, 0.1) is 0 Å². The first kappa shape index (κ1) is 30.8. The lowest BCUT2D eigenvalue weighted by Gasteiger charge is -2.28. The van der Waals surface area contributed by atoms with Crippen LogP contribution in [0.15, 0.2) is 42.5 Å². The second-order valence-electron chi connectivity index (χ2n) is 9.40. The van der Waals surface area contributed by atoms with Crippen molar-refractivity contribution < 1.29 is 28.9 Å². The van der Waals surface area contributed by atoms with Crippen LogP contribution in [0.1, 0.15) is 71.3 Å². The maximum atomic E-state index is 13.3. The number of unbranched alkanes of at least 4 members (excludes halogenated alkanes) is 4. The van der Waals surface area contributed by atoms with Crippen LogP contribution >= 0.6 is 0 Å². The second kappa shape index (κ2) is 15.7. The highest BCUT2D eigenvalue weighted by molar-refractivity contribution is 5.91. The number of hydrogen-bond acceptors (Lipinski definition) is 5. The zero-order chi connectivity index (χ0) is 28.0. The van der Waals surface area contributed by atoms with E-state index in [-0.39, 0.29) is 6.03 Å². The summed E-state index contributed by atoms with van der Waals surface area (Å²) in [5, 5.41) is 12.7. The number of anilines is 1. The summed E-state index contributed by atoms with van der Waals surface area (Å²) < 4.78 is 16.7. The first-order valence-electron chi connectivity index (χ1n) is 13.6. The quantitative estimate of drug-likeness (QED) is 0.220. The van der Waals surface area contributed by atoms with Crippen molar-refractivity contribution in [2.45, 2.75) is 77.7 Å². The second-order valence-corrected chi connectivity index (χ2v) is 9.40. The van der Waals surface area contributed by atoms with Gasteiger partial charge in [-0.3, -0.25) is 0 Å². The van der Waals surface area contributed by atoms with E-state index in [9.17, 15) is 14.7 Å². The number of amides is 2. The molecule has 2 aromatic carbocycles. The molecule has 0 spiro atoms. The van der Waals surface area contributed by atoms with Gasteiger partial charge in [0, 0.05) is 19.2 Å². The molecule has 0 fully saturated rings. The number of nitrogens with one attached hydrogen (secondary N) is 1. The summed E-state index contributed by atoms with van der Waals surface area (Å²) in [6.07, 6.45) is 6.83. The lowest BCUT2D eigenvalue weighted by molar-refractivity contribution is -0.156. The van der Waals surface area contributed by atoms with Crippen molar-refractivity contribution in [3.63, 3.8) is 0 Å². The number of ether oxygens (including phenoxy) is 3. The topological polar surface area (TPSA) is 97.3 Å². The molecule has 0 saturated heterocycles. The van der Waals surface area contributed by atoms with Crippen LogP contribution < -0.4 is 19.5 Å². The van der Waals surface area contributed by atoms with Crippen molar-refractivity contribution in [1.82, 2.24) is 4.90 Å². The van der Waals surface area contributed by atoms with Crippen LogP contribution in [0.25, 0.3) is 0 Å². The summed E-state index contributed by atoms with van der Waals surface area (Å²) in [5.41, 5.74) is 0.300. The Morgan fingerprint density at radius 3 is 2.26 bits per heavy atom. The van der Waals surface area contributed by atoms with Gasteiger partial charge in [-0.05, 0) is 55.5 Å². The third kappa shape index (κ3) is 8.85. The van der Waals surface area contributed by atoms with E-state index < -0.39 is 11.6 Å². The first-order chi connectivity index (χ1) is 18.3. The highest BCUT2D eigenvalue weighted by Crippen LogP contribution is 2.29. The molecule has 2 rings (SSSR count). The van der Waals surface area contributed by atoms with Gasteiger partial charge in [0.2, 0.25) is 5.60 Å². The molecular formula is C30H44N2O6. The number of carbonyl (C=O) groups excluding carboxylic acids is 1. The SMILES string of the molecule is CCCCCCCN(CCc1cccc(OC(CC)(CC)C(=O)O)c1)C(=O)Nc1ccc(OC)cc1OC. The molecule has 38 heavy (non-hydrogen) atoms. The Balaban J connectivity index is 2.14. The molecule has 8 nitrogen and oxygen atoms in total. The zero-order valence-electron chi connectivity index (χ0n) is 23.5. The van der Waals surface area contributed by atoms with E-state index in [2.05, 4.69) is 12.2 Å². The van der Waals surface area contributed by atoms with Gasteiger partial charge in [-0.25, -0.2) is 9.59 Å². The summed E-state index contributed by atoms with van der Waals surface area (Å²) in [4.78, 5) is 27.0. The van der Waals surface area contributed by atoms with Gasteiger partial charge in [-0.1, -0.05) is 58.6 Å². The van der Waals surface area contributed by atoms with Crippen LogP contribution in [0.3, 0.4) is 0 Å². The Hall–Kier alpha value is -3.42. The molecule has 0 saturated carbocycles. The van der Waals surface area contributed by atoms with Crippen molar-refractivity contribution in [3.8, 4) is 17.2 Å². The minimum atomic E-state index is -1.25. The third-order valence-electron chi connectivity index (χ3n) is 6.88. The van der Waals surface area contributed by atoms with Crippen molar-refractivity contribution in [1.29, 1.82) is 0 Å². The van der Waals surface area contributed by atoms with Gasteiger partial charge in [0.15, 0.2) is 0 Å². The predicted molar refractivity (Wildman–Crippen MR) is 151 cm³/mol. The molecule has 0 aliphatic rings. The highest BCUT2D eigenvalue weighted by atomic mass is 16.5. The van der Waals surface area contributed by atoms with Gasteiger partial charge < -0.3 is 29.5 Å². The summed E-state index contributed by atoms with van der Waals surface area (Å²) >= 11 is 0. The fraction of sp³-hybridized carbons (Fsp3) is 0.533. The standard InChI is InChI=1S/C30H44N2O6/c1-6-9-10-11-12-19-32(29(35)31-26-17-16-24(36-4)22-27(26)37-5)20-18-23-14-13-15-25(21-23)38-30(7-2,8-3)28(33)34/h13-17,21-22H,6-12,18-20H2,1-5H3,(H,31,35)(H,33,34). The lowest BCUT2D eigenvalue weighted by Crippen LogP contribution is -2.43. The smallest absolute Gasteiger partial charge is 0.348 e. The molecule has 0 unspecified atom stereocenters. The number of carboxylic acid groups (broad SMARTS) is 1. The van der Waals surface area contributed by atoms with E-state index in [0.717, 1.165) is 24.8 Å². The molecule has 0 aliphatic carbocycles. The zero-order valence-corrected chi connectivity index (χ0v) is 23.5. The number of rotatable bonds is 17. The van der Waals surface area contributed by atoms with Crippen LogP contribution in [-0.4, -0.2) is 54.9 Å². The lowest BCUT2D eigenvalue weighted by atomic mass is 9.97. The van der Waals surface area contributed by atoms with Crippen molar-refractivity contribution in [2.24, 2.45) is 0 Å². The van der Waals surface area contributed by atoms with E-state index in [1.54, 1.807) is 38.5 Å². The predicted octanol–water partition coefficient (Wildman–Crippen LogP) is 6.77. The highest BCUT2D eigenvalue weighted by Gasteiger charge is 2.37. The van der Waals surface area contributed by atoms with Crippen LogP contribution in [0.4, 0.5) is 10.5 Å². The van der Waals surface area contributed by atoms with Crippen molar-refractivity contribution in [2.75, 3.05) is 32.6 Å². The summed E-state index contributed by atoms with van der Waals surface area (Å²) in [5.74, 6) is 0.729. The molecular weight excluding hydrogens is 484 g/mol. The van der Waals surface area contributed by atoms with Crippen molar-refractivity contribution in [3.05, 3.63) is 48.0 Å². The largest absolute Gasteiger partial charge is 0.497 e. The van der Waals surface area contributed by atoms with Gasteiger partial charge in [0.05, 0.1) is 19.9 Å². The Kier molecular flexibility index (Phi) is 12.8. The Morgan fingerprint density at radius 1 is 0.895 bits per heavy atom. The van der Waals surface area contributed by atoms with Crippen molar-refractivity contribution >= 4 is 17.7 Å². The van der Waals surface area contributed by atoms with Gasteiger partial charge >= 0.3 is 12.0 Å². The molecule has 0 aromatic heterocycles. The normalized spacial score (nSPS) is 11.1. The van der Waals surface area contributed by atoms with Gasteiger partial charge in [-0.2, -0.15) is 0 Å². The van der Waals surface area contributed by atoms with E-state index in [1.807, 2.05) is 36.9 Å². The summed E-state index contributed by atoms with van der Waals surface area (Å²) in [7, 11) is 3.14. The Morgan fingerprint density at radius 2 is 1.63 bits per heavy atom. The Bertz CT molecular complexity index is 1020. The Labute approximate surface area is 227 Å². The maximum Gasteiger partial charge on any atom is 0.348 e. The number of methoxy groups -OCH3 is 2. The van der Waals surface area contributed by atoms with Crippen LogP contribution in [0.2, 0.25) is 0 Å². The first-order valence-corrected chi connectivity index (χ1v) is 13.6. The molecule has 0 bridgehead atoms. The van der Waals surface area contributed by atoms with E-state index >= 15 is 0 Å². The van der Waals surface area contributed by atoms with Gasteiger partial charge in [-0.15, -0.1) is 0 Å². The molecule has 8 heteroatoms. The summed E-state index contributed by atoms with van der Waals surface area (Å²) in [6.45, 7) is 6.96. The maximum absolute atomic E-state index is 13.3. The summed E-state index contributed by atoms with van der Waals surface area (Å²) in [6, 6.07) is 12.6. The number of urea groups is 1. The molecule has 0 heterocycles. The number of carboxylic acids is 1. The van der Waals surface area contributed by atoms with Gasteiger partial charge in [0.1, 0.15) is 17.2 Å². The fourth-order valence-corrected chi connectivity index (χ4v) is 4.31. The monoisotopic (exact) mass is 528 g/mol. The third-order valence-corrected chi connectivity index (χ3v) is 6.88. The fourth-order valence-electron chi connectivity index (χ4n) is 4.31. The minimum Gasteiger partial charge on any atom is -0.497 e. The molecule has 2 aromatic rings. The van der Waals surface area contributed by atoms with Crippen LogP contribution in [0.5, 0.6) is 17.2 Å². The molecule has 2 amide bonds.